The van der Waals surface area contributed by atoms with E-state index in [0.29, 0.717) is 0 Å². The maximum atomic E-state index is 6.86. The lowest BCUT2D eigenvalue weighted by molar-refractivity contribution is 0.673. The van der Waals surface area contributed by atoms with Crippen LogP contribution in [0.3, 0.4) is 0 Å². The molecule has 0 saturated carbocycles. The standard InChI is InChI=1S/C44H26OS/c1-2-11-28(12-3-1)41-33-14-6-8-16-35(33)42(36-17-9-7-15-34(36)41)31-20-21-32-37-22-23-40-43(44(37)45-39(32)25-31)38(26-46-40)30-19-18-27-10-4-5-13-29(27)24-30/h1-26H. The largest absolute Gasteiger partial charge is 0.455 e. The smallest absolute Gasteiger partial charge is 0.144 e. The van der Waals surface area contributed by atoms with Crippen LogP contribution in [0.5, 0.6) is 0 Å². The van der Waals surface area contributed by atoms with E-state index in [0.717, 1.165) is 27.5 Å². The van der Waals surface area contributed by atoms with Crippen molar-refractivity contribution in [1.29, 1.82) is 0 Å². The minimum absolute atomic E-state index is 0.913. The molecule has 0 bridgehead atoms. The zero-order valence-corrected chi connectivity index (χ0v) is 25.6. The Morgan fingerprint density at radius 3 is 1.76 bits per heavy atom. The SMILES string of the molecule is c1ccc(-c2c3ccccc3c(-c3ccc4c(c3)oc3c4ccc4scc(-c5ccc6ccccc6c5)c43)c3ccccc23)cc1. The quantitative estimate of drug-likeness (QED) is 0.183. The van der Waals surface area contributed by atoms with Gasteiger partial charge in [-0.2, -0.15) is 0 Å². The van der Waals surface area contributed by atoms with Crippen LogP contribution in [0.15, 0.2) is 161 Å². The Morgan fingerprint density at radius 2 is 1.02 bits per heavy atom. The first kappa shape index (κ1) is 25.6. The normalized spacial score (nSPS) is 11.9. The monoisotopic (exact) mass is 602 g/mol. The van der Waals surface area contributed by atoms with Crippen LogP contribution < -0.4 is 0 Å². The lowest BCUT2D eigenvalue weighted by Gasteiger charge is -2.17. The predicted molar refractivity (Wildman–Crippen MR) is 198 cm³/mol. The van der Waals surface area contributed by atoms with Crippen molar-refractivity contribution in [3.8, 4) is 33.4 Å². The average Bonchev–Trinajstić information content (AvgIpc) is 3.72. The highest BCUT2D eigenvalue weighted by Crippen LogP contribution is 2.46. The van der Waals surface area contributed by atoms with E-state index in [2.05, 4.69) is 157 Å². The van der Waals surface area contributed by atoms with Crippen molar-refractivity contribution < 1.29 is 4.42 Å². The number of rotatable bonds is 3. The summed E-state index contributed by atoms with van der Waals surface area (Å²) in [6.07, 6.45) is 0. The van der Waals surface area contributed by atoms with Gasteiger partial charge in [0, 0.05) is 26.4 Å². The van der Waals surface area contributed by atoms with Gasteiger partial charge in [0.25, 0.3) is 0 Å². The molecular weight excluding hydrogens is 577 g/mol. The Hall–Kier alpha value is -5.70. The summed E-state index contributed by atoms with van der Waals surface area (Å²) in [5.41, 5.74) is 9.23. The number of thiophene rings is 1. The minimum Gasteiger partial charge on any atom is -0.455 e. The Bertz CT molecular complexity index is 2740. The third-order valence-electron chi connectivity index (χ3n) is 9.52. The molecule has 2 heterocycles. The lowest BCUT2D eigenvalue weighted by Crippen LogP contribution is -1.90. The van der Waals surface area contributed by atoms with Crippen molar-refractivity contribution in [2.24, 2.45) is 0 Å². The molecule has 0 fully saturated rings. The third-order valence-corrected chi connectivity index (χ3v) is 10.5. The van der Waals surface area contributed by atoms with Crippen LogP contribution in [0.2, 0.25) is 0 Å². The molecule has 8 aromatic carbocycles. The van der Waals surface area contributed by atoms with Crippen molar-refractivity contribution in [2.45, 2.75) is 0 Å². The van der Waals surface area contributed by atoms with Gasteiger partial charge in [0.2, 0.25) is 0 Å². The van der Waals surface area contributed by atoms with E-state index in [1.807, 2.05) is 0 Å². The second-order valence-corrected chi connectivity index (χ2v) is 13.0. The average molecular weight is 603 g/mol. The fraction of sp³-hybridized carbons (Fsp3) is 0. The first-order valence-electron chi connectivity index (χ1n) is 15.7. The van der Waals surface area contributed by atoms with Gasteiger partial charge >= 0.3 is 0 Å². The van der Waals surface area contributed by atoms with E-state index in [1.54, 1.807) is 11.3 Å². The van der Waals surface area contributed by atoms with E-state index >= 15 is 0 Å². The molecule has 0 aliphatic carbocycles. The number of hydrogen-bond donors (Lipinski definition) is 0. The van der Waals surface area contributed by atoms with E-state index < -0.39 is 0 Å². The molecule has 10 aromatic rings. The number of fused-ring (bicyclic) bond motifs is 8. The Morgan fingerprint density at radius 1 is 0.413 bits per heavy atom. The van der Waals surface area contributed by atoms with Gasteiger partial charge in [-0.1, -0.05) is 121 Å². The highest BCUT2D eigenvalue weighted by Gasteiger charge is 2.19. The van der Waals surface area contributed by atoms with Gasteiger partial charge in [-0.05, 0) is 95.8 Å². The zero-order chi connectivity index (χ0) is 30.2. The summed E-state index contributed by atoms with van der Waals surface area (Å²) < 4.78 is 8.10. The fourth-order valence-electron chi connectivity index (χ4n) is 7.44. The second kappa shape index (κ2) is 9.90. The maximum Gasteiger partial charge on any atom is 0.144 e. The molecule has 0 aliphatic heterocycles. The molecule has 0 N–H and O–H groups in total. The van der Waals surface area contributed by atoms with E-state index in [1.165, 1.54) is 70.2 Å². The number of hydrogen-bond acceptors (Lipinski definition) is 2. The summed E-state index contributed by atoms with van der Waals surface area (Å²) in [6, 6.07) is 54.9. The van der Waals surface area contributed by atoms with Crippen molar-refractivity contribution in [3.05, 3.63) is 157 Å². The number of furan rings is 1. The molecule has 0 amide bonds. The second-order valence-electron chi connectivity index (χ2n) is 12.0. The van der Waals surface area contributed by atoms with Crippen LogP contribution in [-0.2, 0) is 0 Å². The Labute approximate surface area is 269 Å². The van der Waals surface area contributed by atoms with Gasteiger partial charge in [-0.25, -0.2) is 0 Å². The fourth-order valence-corrected chi connectivity index (χ4v) is 8.40. The zero-order valence-electron chi connectivity index (χ0n) is 24.8. The Balaban J connectivity index is 1.22. The third kappa shape index (κ3) is 3.74. The van der Waals surface area contributed by atoms with Gasteiger partial charge < -0.3 is 4.42 Å². The van der Waals surface area contributed by atoms with Crippen LogP contribution in [0.25, 0.3) is 97.7 Å². The van der Waals surface area contributed by atoms with Crippen LogP contribution >= 0.6 is 11.3 Å². The van der Waals surface area contributed by atoms with Crippen LogP contribution in [-0.4, -0.2) is 0 Å². The summed E-state index contributed by atoms with van der Waals surface area (Å²) >= 11 is 1.78. The predicted octanol–water partition coefficient (Wildman–Crippen LogP) is 13.3. The van der Waals surface area contributed by atoms with Crippen LogP contribution in [0.1, 0.15) is 0 Å². The van der Waals surface area contributed by atoms with Crippen molar-refractivity contribution >= 4 is 75.7 Å². The summed E-state index contributed by atoms with van der Waals surface area (Å²) in [5, 5.41) is 13.3. The maximum absolute atomic E-state index is 6.86. The summed E-state index contributed by atoms with van der Waals surface area (Å²) in [6.45, 7) is 0. The van der Waals surface area contributed by atoms with Crippen molar-refractivity contribution in [2.75, 3.05) is 0 Å². The summed E-state index contributed by atoms with van der Waals surface area (Å²) in [5.74, 6) is 0. The Kier molecular flexibility index (Phi) is 5.51. The molecule has 2 aromatic heterocycles. The molecule has 0 aliphatic rings. The van der Waals surface area contributed by atoms with E-state index in [-0.39, 0.29) is 0 Å². The molecule has 1 nitrogen and oxygen atoms in total. The van der Waals surface area contributed by atoms with Gasteiger partial charge in [-0.3, -0.25) is 0 Å². The van der Waals surface area contributed by atoms with Crippen molar-refractivity contribution in [3.63, 3.8) is 0 Å². The summed E-state index contributed by atoms with van der Waals surface area (Å²) in [7, 11) is 0. The first-order chi connectivity index (χ1) is 22.8. The first-order valence-corrected chi connectivity index (χ1v) is 16.5. The van der Waals surface area contributed by atoms with Crippen LogP contribution in [0.4, 0.5) is 0 Å². The van der Waals surface area contributed by atoms with Crippen molar-refractivity contribution in [1.82, 2.24) is 0 Å². The van der Waals surface area contributed by atoms with Gasteiger partial charge in [-0.15, -0.1) is 11.3 Å². The van der Waals surface area contributed by atoms with Gasteiger partial charge in [0.1, 0.15) is 11.2 Å². The molecule has 0 unspecified atom stereocenters. The van der Waals surface area contributed by atoms with Crippen LogP contribution in [0, 0.1) is 0 Å². The molecule has 0 atom stereocenters. The number of benzene rings is 8. The molecular formula is C44H26OS. The highest BCUT2D eigenvalue weighted by atomic mass is 32.1. The lowest BCUT2D eigenvalue weighted by atomic mass is 9.86. The van der Waals surface area contributed by atoms with E-state index in [4.69, 9.17) is 4.42 Å². The molecule has 0 saturated heterocycles. The minimum atomic E-state index is 0.913. The molecule has 2 heteroatoms. The summed E-state index contributed by atoms with van der Waals surface area (Å²) in [4.78, 5) is 0. The van der Waals surface area contributed by atoms with Gasteiger partial charge in [0.05, 0.1) is 0 Å². The van der Waals surface area contributed by atoms with Gasteiger partial charge in [0.15, 0.2) is 0 Å². The molecule has 0 spiro atoms. The highest BCUT2D eigenvalue weighted by molar-refractivity contribution is 7.18. The molecule has 10 rings (SSSR count). The molecule has 46 heavy (non-hydrogen) atoms. The van der Waals surface area contributed by atoms with E-state index in [9.17, 15) is 0 Å². The molecule has 214 valence electrons. The molecule has 0 radical (unpaired) electrons. The topological polar surface area (TPSA) is 13.1 Å².